The number of halogens is 2. The summed E-state index contributed by atoms with van der Waals surface area (Å²) in [5.74, 6) is 0.131. The molecule has 212 valence electrons. The molecule has 1 saturated heterocycles. The van der Waals surface area contributed by atoms with Gasteiger partial charge < -0.3 is 19.6 Å². The van der Waals surface area contributed by atoms with E-state index in [4.69, 9.17) is 9.84 Å². The molecule has 1 aliphatic carbocycles. The molecule has 10 nitrogen and oxygen atoms in total. The van der Waals surface area contributed by atoms with Crippen LogP contribution in [0.3, 0.4) is 0 Å². The molecule has 2 aliphatic heterocycles. The molecule has 3 aliphatic rings. The van der Waals surface area contributed by atoms with Crippen molar-refractivity contribution in [2.45, 2.75) is 25.0 Å². The molecule has 1 fully saturated rings. The van der Waals surface area contributed by atoms with Gasteiger partial charge in [0.2, 0.25) is 5.95 Å². The van der Waals surface area contributed by atoms with Crippen LogP contribution in [0.25, 0.3) is 16.6 Å². The van der Waals surface area contributed by atoms with Gasteiger partial charge in [0.25, 0.3) is 5.91 Å². The molecular weight excluding hydrogens is 532 g/mol. The van der Waals surface area contributed by atoms with Crippen LogP contribution in [0.2, 0.25) is 0 Å². The first-order chi connectivity index (χ1) is 19.9. The fourth-order valence-corrected chi connectivity index (χ4v) is 6.49. The first-order valence-corrected chi connectivity index (χ1v) is 13.7. The molecule has 3 aromatic heterocycles. The number of hydrogen-bond acceptors (Lipinski definition) is 8. The molecule has 2 bridgehead atoms. The molecule has 0 spiro atoms. The Bertz CT molecular complexity index is 1620. The molecule has 1 amide bonds. The van der Waals surface area contributed by atoms with Gasteiger partial charge in [-0.3, -0.25) is 9.69 Å². The molecule has 1 aromatic carbocycles. The lowest BCUT2D eigenvalue weighted by molar-refractivity contribution is -0.0505. The molecule has 1 N–H and O–H groups in total. The van der Waals surface area contributed by atoms with Gasteiger partial charge in [0, 0.05) is 86.5 Å². The Morgan fingerprint density at radius 3 is 2.59 bits per heavy atom. The highest BCUT2D eigenvalue weighted by Crippen LogP contribution is 2.53. The van der Waals surface area contributed by atoms with Gasteiger partial charge in [-0.1, -0.05) is 6.07 Å². The maximum Gasteiger partial charge on any atom is 0.387 e. The normalized spacial score (nSPS) is 20.5. The largest absolute Gasteiger partial charge is 0.434 e. The van der Waals surface area contributed by atoms with E-state index < -0.39 is 6.61 Å². The highest BCUT2D eigenvalue weighted by molar-refractivity contribution is 5.98. The van der Waals surface area contributed by atoms with Gasteiger partial charge >= 0.3 is 6.61 Å². The number of fused-ring (bicyclic) bond motifs is 9. The van der Waals surface area contributed by atoms with Gasteiger partial charge in [0.05, 0.1) is 23.9 Å². The van der Waals surface area contributed by atoms with E-state index in [9.17, 15) is 18.7 Å². The van der Waals surface area contributed by atoms with Gasteiger partial charge in [-0.05, 0) is 36.2 Å². The van der Waals surface area contributed by atoms with Gasteiger partial charge in [-0.2, -0.15) is 13.9 Å². The second-order valence-corrected chi connectivity index (χ2v) is 10.7. The molecule has 4 aromatic rings. The SMILES string of the molecule is CN1C(=O)c2cccc(OC(F)F)c2[C@H]2C[C@@H]1c1nn3ccc(-c4cnc(N5CCN(CCO)CC5)nc4)cc3c12. The highest BCUT2D eigenvalue weighted by Gasteiger charge is 2.46. The Kier molecular flexibility index (Phi) is 6.31. The summed E-state index contributed by atoms with van der Waals surface area (Å²) in [6, 6.07) is 8.44. The molecule has 5 heterocycles. The first-order valence-electron chi connectivity index (χ1n) is 13.7. The Balaban J connectivity index is 1.25. The summed E-state index contributed by atoms with van der Waals surface area (Å²) < 4.78 is 33.4. The number of β-amino-alcohol motifs (C(OH)–C–C–N with tert-alkyl or cyclic N) is 1. The molecule has 0 unspecified atom stereocenters. The molecule has 0 radical (unpaired) electrons. The van der Waals surface area contributed by atoms with Crippen molar-refractivity contribution >= 4 is 17.4 Å². The third-order valence-electron chi connectivity index (χ3n) is 8.52. The van der Waals surface area contributed by atoms with Crippen LogP contribution >= 0.6 is 0 Å². The number of aromatic nitrogens is 4. The average Bonchev–Trinajstić information content (AvgIpc) is 3.51. The molecule has 0 saturated carbocycles. The summed E-state index contributed by atoms with van der Waals surface area (Å²) in [7, 11) is 1.73. The number of hydrogen-bond donors (Lipinski definition) is 1. The van der Waals surface area contributed by atoms with Crippen LogP contribution in [0.4, 0.5) is 14.7 Å². The van der Waals surface area contributed by atoms with E-state index in [0.29, 0.717) is 30.0 Å². The number of carbonyl (C=O) groups is 1. The van der Waals surface area contributed by atoms with Crippen LogP contribution in [0, 0.1) is 0 Å². The van der Waals surface area contributed by atoms with E-state index in [1.165, 1.54) is 6.07 Å². The molecule has 7 rings (SSSR count). The summed E-state index contributed by atoms with van der Waals surface area (Å²) in [4.78, 5) is 28.6. The maximum atomic E-state index is 13.4. The predicted molar refractivity (Wildman–Crippen MR) is 146 cm³/mol. The van der Waals surface area contributed by atoms with E-state index in [-0.39, 0.29) is 30.2 Å². The first kappa shape index (κ1) is 25.8. The maximum absolute atomic E-state index is 13.4. The van der Waals surface area contributed by atoms with E-state index >= 15 is 0 Å². The third-order valence-corrected chi connectivity index (χ3v) is 8.52. The van der Waals surface area contributed by atoms with Crippen molar-refractivity contribution in [1.29, 1.82) is 0 Å². The highest BCUT2D eigenvalue weighted by atomic mass is 19.3. The minimum Gasteiger partial charge on any atom is -0.434 e. The van der Waals surface area contributed by atoms with Crippen LogP contribution in [0.15, 0.2) is 48.9 Å². The third kappa shape index (κ3) is 4.29. The number of piperazine rings is 1. The number of aliphatic hydroxyl groups is 1. The van der Waals surface area contributed by atoms with Crippen LogP contribution in [0.5, 0.6) is 5.75 Å². The second-order valence-electron chi connectivity index (χ2n) is 10.7. The van der Waals surface area contributed by atoms with Crippen molar-refractivity contribution in [1.82, 2.24) is 29.4 Å². The number of aliphatic hydroxyl groups excluding tert-OH is 1. The van der Waals surface area contributed by atoms with E-state index in [2.05, 4.69) is 19.8 Å². The Morgan fingerprint density at radius 1 is 1.07 bits per heavy atom. The molecule has 2 atom stereocenters. The van der Waals surface area contributed by atoms with Gasteiger partial charge in [-0.25, -0.2) is 14.5 Å². The van der Waals surface area contributed by atoms with Crippen LogP contribution in [-0.4, -0.2) is 93.4 Å². The van der Waals surface area contributed by atoms with Gasteiger partial charge in [-0.15, -0.1) is 0 Å². The molecular formula is C29H29F2N7O3. The number of alkyl halides is 2. The number of pyridine rings is 1. The molecule has 12 heteroatoms. The molecule has 41 heavy (non-hydrogen) atoms. The summed E-state index contributed by atoms with van der Waals surface area (Å²) in [6.07, 6.45) is 6.03. The summed E-state index contributed by atoms with van der Waals surface area (Å²) in [6.45, 7) is 1.13. The number of rotatable bonds is 6. The second kappa shape index (κ2) is 10.0. The lowest BCUT2D eigenvalue weighted by Gasteiger charge is -2.34. The lowest BCUT2D eigenvalue weighted by atomic mass is 9.88. The fourth-order valence-electron chi connectivity index (χ4n) is 6.49. The number of ether oxygens (including phenoxy) is 1. The fraction of sp³-hybridized carbons (Fsp3) is 0.379. The number of carbonyl (C=O) groups excluding carboxylic acids is 1. The standard InChI is InChI=1S/C29H29F2N7O3/c1-35-22-14-20(24-19(27(35)40)3-2-4-23(24)41-28(30)31)25-21-13-17(5-6-38(21)34-26(22)25)18-15-32-29(33-16-18)37-9-7-36(8-10-37)11-12-39/h2-6,13,15-16,20,22,28,39H,7-12,14H2,1H3/t20-,22-/m1/s1. The zero-order chi connectivity index (χ0) is 28.2. The predicted octanol–water partition coefficient (Wildman–Crippen LogP) is 3.17. The quantitative estimate of drug-likeness (QED) is 0.384. The van der Waals surface area contributed by atoms with Crippen LogP contribution in [-0.2, 0) is 0 Å². The Morgan fingerprint density at radius 2 is 1.85 bits per heavy atom. The van der Waals surface area contributed by atoms with Crippen molar-refractivity contribution in [3.8, 4) is 16.9 Å². The number of nitrogens with zero attached hydrogens (tertiary/aromatic N) is 7. The smallest absolute Gasteiger partial charge is 0.387 e. The van der Waals surface area contributed by atoms with Crippen molar-refractivity contribution in [3.63, 3.8) is 0 Å². The number of benzene rings is 1. The average molecular weight is 562 g/mol. The van der Waals surface area contributed by atoms with Crippen molar-refractivity contribution in [3.05, 3.63) is 71.3 Å². The van der Waals surface area contributed by atoms with Crippen LogP contribution < -0.4 is 9.64 Å². The van der Waals surface area contributed by atoms with E-state index in [0.717, 1.165) is 54.1 Å². The minimum atomic E-state index is -3.00. The Labute approximate surface area is 234 Å². The monoisotopic (exact) mass is 561 g/mol. The summed E-state index contributed by atoms with van der Waals surface area (Å²) in [5, 5.41) is 14.0. The van der Waals surface area contributed by atoms with E-state index in [1.807, 2.05) is 30.7 Å². The van der Waals surface area contributed by atoms with Gasteiger partial charge in [0.1, 0.15) is 5.75 Å². The summed E-state index contributed by atoms with van der Waals surface area (Å²) in [5.41, 5.74) is 5.14. The zero-order valence-electron chi connectivity index (χ0n) is 22.5. The van der Waals surface area contributed by atoms with Gasteiger partial charge in [0.15, 0.2) is 0 Å². The van der Waals surface area contributed by atoms with Crippen molar-refractivity contribution in [2.75, 3.05) is 51.3 Å². The lowest BCUT2D eigenvalue weighted by Crippen LogP contribution is -2.47. The number of anilines is 1. The van der Waals surface area contributed by atoms with Crippen molar-refractivity contribution < 1.29 is 23.4 Å². The van der Waals surface area contributed by atoms with E-state index in [1.54, 1.807) is 28.6 Å². The van der Waals surface area contributed by atoms with Crippen LogP contribution in [0.1, 0.15) is 45.6 Å². The van der Waals surface area contributed by atoms with Crippen molar-refractivity contribution in [2.24, 2.45) is 0 Å². The minimum absolute atomic E-state index is 0.0226. The Hall–Kier alpha value is -4.16. The topological polar surface area (TPSA) is 99.3 Å². The summed E-state index contributed by atoms with van der Waals surface area (Å²) >= 11 is 0. The number of amides is 1. The zero-order valence-corrected chi connectivity index (χ0v) is 22.5.